The van der Waals surface area contributed by atoms with Crippen molar-refractivity contribution in [3.8, 4) is 20.9 Å². The van der Waals surface area contributed by atoms with E-state index in [4.69, 9.17) is 0 Å². The Morgan fingerprint density at radius 2 is 0.756 bits per heavy atom. The molecule has 0 atom stereocenters. The summed E-state index contributed by atoms with van der Waals surface area (Å²) in [4.78, 5) is 0.460. The highest BCUT2D eigenvalue weighted by atomic mass is 32.1. The average molecular weight is 593 g/mol. The molecule has 0 aliphatic heterocycles. The van der Waals surface area contributed by atoms with E-state index in [9.17, 15) is 0 Å². The molecule has 0 unspecified atom stereocenters. The van der Waals surface area contributed by atoms with Gasteiger partial charge in [0, 0.05) is 52.2 Å². The Morgan fingerprint density at radius 3 is 1.15 bits per heavy atom. The molecule has 6 aromatic rings. The van der Waals surface area contributed by atoms with Crippen LogP contribution in [0.5, 0.6) is 0 Å². The van der Waals surface area contributed by atoms with E-state index in [1.165, 1.54) is 12.1 Å². The Hall–Kier alpha value is -3.88. The molecule has 0 amide bonds. The van der Waals surface area contributed by atoms with Gasteiger partial charge in [-0.25, -0.2) is 0 Å². The maximum Gasteiger partial charge on any atom is 0.380 e. The Bertz CT molecular complexity index is 1830. The Kier molecular flexibility index (Phi) is 5.76. The predicted octanol–water partition coefficient (Wildman–Crippen LogP) is 11.3. The van der Waals surface area contributed by atoms with Crippen LogP contribution in [-0.4, -0.2) is 17.8 Å². The van der Waals surface area contributed by atoms with Gasteiger partial charge >= 0.3 is 17.8 Å². The van der Waals surface area contributed by atoms with Crippen molar-refractivity contribution in [2.24, 2.45) is 0 Å². The Balaban J connectivity index is 1.70. The van der Waals surface area contributed by atoms with Crippen molar-refractivity contribution in [2.45, 2.75) is 17.8 Å². The molecule has 0 N–H and O–H groups in total. The van der Waals surface area contributed by atoms with E-state index < -0.39 is 28.9 Å². The lowest BCUT2D eigenvalue weighted by molar-refractivity contribution is -0.254. The van der Waals surface area contributed by atoms with Gasteiger partial charge in [-0.2, -0.15) is 26.3 Å². The van der Waals surface area contributed by atoms with Gasteiger partial charge in [-0.3, -0.25) is 0 Å². The van der Waals surface area contributed by atoms with Crippen molar-refractivity contribution in [1.82, 2.24) is 0 Å². The summed E-state index contributed by atoms with van der Waals surface area (Å²) in [6, 6.07) is 29.8. The SMILES string of the molecule is FC1(F)C(c2c(-c3ccccc3)sc3ccccc23)=C(c2c(-c3ccccc3)sc3ccccc23)C(F)(F)C1(F)F. The highest BCUT2D eigenvalue weighted by Crippen LogP contribution is 2.68. The number of alkyl halides is 6. The first-order valence-electron chi connectivity index (χ1n) is 12.7. The molecule has 0 radical (unpaired) electrons. The fourth-order valence-corrected chi connectivity index (χ4v) is 7.99. The molecule has 2 heterocycles. The van der Waals surface area contributed by atoms with E-state index in [-0.39, 0.29) is 31.7 Å². The van der Waals surface area contributed by atoms with Crippen molar-refractivity contribution < 1.29 is 26.3 Å². The fourth-order valence-electron chi connectivity index (χ4n) is 5.56. The number of allylic oxidation sites excluding steroid dienone is 2. The lowest BCUT2D eigenvalue weighted by atomic mass is 9.89. The van der Waals surface area contributed by atoms with Gasteiger partial charge in [0.15, 0.2) is 0 Å². The van der Waals surface area contributed by atoms with Crippen molar-refractivity contribution in [1.29, 1.82) is 0 Å². The quantitative estimate of drug-likeness (QED) is 0.179. The number of fused-ring (bicyclic) bond motifs is 2. The molecule has 1 aliphatic rings. The molecule has 0 fully saturated rings. The summed E-state index contributed by atoms with van der Waals surface area (Å²) < 4.78 is 96.8. The zero-order valence-corrected chi connectivity index (χ0v) is 22.6. The van der Waals surface area contributed by atoms with Crippen LogP contribution in [-0.2, 0) is 0 Å². The van der Waals surface area contributed by atoms with Crippen LogP contribution in [0.3, 0.4) is 0 Å². The number of hydrogen-bond acceptors (Lipinski definition) is 2. The van der Waals surface area contributed by atoms with Crippen molar-refractivity contribution in [3.05, 3.63) is 120 Å². The van der Waals surface area contributed by atoms with Gasteiger partial charge in [0.2, 0.25) is 0 Å². The summed E-state index contributed by atoms with van der Waals surface area (Å²) in [6.07, 6.45) is 0. The van der Waals surface area contributed by atoms with Crippen molar-refractivity contribution in [2.75, 3.05) is 0 Å². The summed E-state index contributed by atoms with van der Waals surface area (Å²) in [5, 5.41) is 0.440. The number of halogens is 6. The minimum atomic E-state index is -5.67. The number of rotatable bonds is 4. The van der Waals surface area contributed by atoms with Gasteiger partial charge in [0.25, 0.3) is 0 Å². The van der Waals surface area contributed by atoms with Crippen LogP contribution >= 0.6 is 22.7 Å². The lowest BCUT2D eigenvalue weighted by Gasteiger charge is -2.26. The van der Waals surface area contributed by atoms with Gasteiger partial charge in [-0.05, 0) is 23.3 Å². The van der Waals surface area contributed by atoms with Crippen LogP contribution < -0.4 is 0 Å². The second kappa shape index (κ2) is 9.06. The third kappa shape index (κ3) is 3.60. The minimum absolute atomic E-state index is 0.220. The zero-order valence-electron chi connectivity index (χ0n) is 21.0. The molecule has 0 saturated heterocycles. The minimum Gasteiger partial charge on any atom is -0.194 e. The van der Waals surface area contributed by atoms with E-state index in [0.29, 0.717) is 20.5 Å². The highest BCUT2D eigenvalue weighted by molar-refractivity contribution is 7.23. The number of thiophene rings is 2. The first kappa shape index (κ1) is 26.0. The largest absolute Gasteiger partial charge is 0.380 e. The van der Waals surface area contributed by atoms with Gasteiger partial charge in [0.1, 0.15) is 0 Å². The lowest BCUT2D eigenvalue weighted by Crippen LogP contribution is -2.48. The summed E-state index contributed by atoms with van der Waals surface area (Å²) in [6.45, 7) is 0. The molecule has 7 rings (SSSR count). The number of benzene rings is 4. The van der Waals surface area contributed by atoms with Crippen molar-refractivity contribution in [3.63, 3.8) is 0 Å². The molecule has 4 aromatic carbocycles. The van der Waals surface area contributed by atoms with Gasteiger partial charge in [-0.15, -0.1) is 22.7 Å². The van der Waals surface area contributed by atoms with Gasteiger partial charge in [-0.1, -0.05) is 97.1 Å². The second-order valence-corrected chi connectivity index (χ2v) is 11.9. The molecule has 204 valence electrons. The molecule has 0 bridgehead atoms. The maximum absolute atomic E-state index is 16.2. The van der Waals surface area contributed by atoms with E-state index in [1.54, 1.807) is 97.1 Å². The normalized spacial score (nSPS) is 17.5. The van der Waals surface area contributed by atoms with Crippen LogP contribution in [0, 0.1) is 0 Å². The first-order valence-corrected chi connectivity index (χ1v) is 14.3. The molecule has 8 heteroatoms. The Morgan fingerprint density at radius 1 is 0.415 bits per heavy atom. The maximum atomic E-state index is 16.2. The average Bonchev–Trinajstić information content (AvgIpc) is 3.57. The molecule has 0 saturated carbocycles. The molecular formula is C33H18F6S2. The predicted molar refractivity (Wildman–Crippen MR) is 156 cm³/mol. The standard InChI is InChI=1S/C33H18F6S2/c34-31(35)27(25-21-15-7-9-17-23(21)40-29(25)19-11-3-1-4-12-19)28(32(36,37)33(31,38)39)26-22-16-8-10-18-24(22)41-30(26)20-13-5-2-6-14-20/h1-18H. The van der Waals surface area contributed by atoms with E-state index in [1.807, 2.05) is 0 Å². The van der Waals surface area contributed by atoms with E-state index >= 15 is 26.3 Å². The van der Waals surface area contributed by atoms with Crippen LogP contribution in [0.15, 0.2) is 109 Å². The molecular weight excluding hydrogens is 574 g/mol. The van der Waals surface area contributed by atoms with E-state index in [0.717, 1.165) is 22.7 Å². The van der Waals surface area contributed by atoms with E-state index in [2.05, 4.69) is 0 Å². The van der Waals surface area contributed by atoms with Crippen LogP contribution in [0.25, 0.3) is 52.2 Å². The van der Waals surface area contributed by atoms with Crippen LogP contribution in [0.1, 0.15) is 11.1 Å². The summed E-state index contributed by atoms with van der Waals surface area (Å²) in [5.74, 6) is -16.0. The third-order valence-corrected chi connectivity index (χ3v) is 9.87. The second-order valence-electron chi connectivity index (χ2n) is 9.81. The molecule has 0 nitrogen and oxygen atoms in total. The third-order valence-electron chi connectivity index (χ3n) is 7.43. The molecule has 0 spiro atoms. The fraction of sp³-hybridized carbons (Fsp3) is 0.0909. The van der Waals surface area contributed by atoms with Gasteiger partial charge < -0.3 is 0 Å². The Labute approximate surface area is 238 Å². The van der Waals surface area contributed by atoms with Crippen molar-refractivity contribution >= 4 is 54.0 Å². The molecule has 41 heavy (non-hydrogen) atoms. The first-order chi connectivity index (χ1) is 19.6. The summed E-state index contributed by atoms with van der Waals surface area (Å²) in [5.41, 5.74) is -2.29. The smallest absolute Gasteiger partial charge is 0.194 e. The highest BCUT2D eigenvalue weighted by Gasteiger charge is 2.80. The summed E-state index contributed by atoms with van der Waals surface area (Å²) in [7, 11) is 0. The van der Waals surface area contributed by atoms with Crippen LogP contribution in [0.2, 0.25) is 0 Å². The van der Waals surface area contributed by atoms with Crippen LogP contribution in [0.4, 0.5) is 26.3 Å². The summed E-state index contributed by atoms with van der Waals surface area (Å²) >= 11 is 2.23. The molecule has 2 aromatic heterocycles. The topological polar surface area (TPSA) is 0 Å². The molecule has 1 aliphatic carbocycles. The number of hydrogen-bond donors (Lipinski definition) is 0. The van der Waals surface area contributed by atoms with Gasteiger partial charge in [0.05, 0.1) is 0 Å². The monoisotopic (exact) mass is 592 g/mol. The zero-order chi connectivity index (χ0) is 28.6.